The lowest BCUT2D eigenvalue weighted by Crippen LogP contribution is -2.00. The van der Waals surface area contributed by atoms with Gasteiger partial charge in [-0.25, -0.2) is 4.79 Å². The van der Waals surface area contributed by atoms with Crippen LogP contribution in [0.15, 0.2) is 42.5 Å². The lowest BCUT2D eigenvalue weighted by atomic mass is 10.1. The zero-order valence-corrected chi connectivity index (χ0v) is 11.6. The summed E-state index contributed by atoms with van der Waals surface area (Å²) in [6.45, 7) is 0. The third-order valence-electron chi connectivity index (χ3n) is 2.79. The second-order valence-electron chi connectivity index (χ2n) is 4.15. The summed E-state index contributed by atoms with van der Waals surface area (Å²) < 4.78 is 5.03. The molecular formula is C16H13ClO3. The van der Waals surface area contributed by atoms with Crippen LogP contribution in [0.5, 0.6) is 5.75 Å². The number of rotatable bonds is 4. The van der Waals surface area contributed by atoms with Gasteiger partial charge in [0, 0.05) is 5.02 Å². The van der Waals surface area contributed by atoms with Gasteiger partial charge in [-0.1, -0.05) is 42.0 Å². The van der Waals surface area contributed by atoms with Crippen molar-refractivity contribution in [2.75, 3.05) is 7.11 Å². The Hall–Kier alpha value is -2.26. The Morgan fingerprint density at radius 3 is 2.65 bits per heavy atom. The molecule has 0 bridgehead atoms. The molecule has 0 saturated carbocycles. The monoisotopic (exact) mass is 288 g/mol. The summed E-state index contributed by atoms with van der Waals surface area (Å²) in [6.07, 6.45) is 3.56. The molecule has 0 aliphatic heterocycles. The Kier molecular flexibility index (Phi) is 4.43. The van der Waals surface area contributed by atoms with Crippen molar-refractivity contribution >= 4 is 29.7 Å². The van der Waals surface area contributed by atoms with Gasteiger partial charge in [0.25, 0.3) is 0 Å². The average molecular weight is 289 g/mol. The van der Waals surface area contributed by atoms with Crippen LogP contribution >= 0.6 is 11.6 Å². The number of benzene rings is 2. The Bertz CT molecular complexity index is 663. The molecule has 20 heavy (non-hydrogen) atoms. The zero-order valence-electron chi connectivity index (χ0n) is 10.8. The van der Waals surface area contributed by atoms with Gasteiger partial charge in [0.15, 0.2) is 0 Å². The summed E-state index contributed by atoms with van der Waals surface area (Å²) in [7, 11) is 1.50. The summed E-state index contributed by atoms with van der Waals surface area (Å²) in [4.78, 5) is 11.2. The van der Waals surface area contributed by atoms with Crippen molar-refractivity contribution in [3.63, 3.8) is 0 Å². The van der Waals surface area contributed by atoms with Crippen LogP contribution in [0.2, 0.25) is 5.02 Å². The lowest BCUT2D eigenvalue weighted by Gasteiger charge is -2.05. The second-order valence-corrected chi connectivity index (χ2v) is 4.58. The summed E-state index contributed by atoms with van der Waals surface area (Å²) in [5.41, 5.74) is 1.71. The van der Waals surface area contributed by atoms with Crippen molar-refractivity contribution in [1.82, 2.24) is 0 Å². The van der Waals surface area contributed by atoms with Crippen LogP contribution in [0.1, 0.15) is 21.5 Å². The topological polar surface area (TPSA) is 46.5 Å². The summed E-state index contributed by atoms with van der Waals surface area (Å²) in [6, 6.07) is 12.3. The van der Waals surface area contributed by atoms with Gasteiger partial charge in [-0.2, -0.15) is 0 Å². The van der Waals surface area contributed by atoms with Crippen LogP contribution in [0.4, 0.5) is 0 Å². The molecule has 102 valence electrons. The van der Waals surface area contributed by atoms with E-state index in [2.05, 4.69) is 0 Å². The Balaban J connectivity index is 2.35. The molecule has 0 radical (unpaired) electrons. The molecule has 0 aliphatic rings. The van der Waals surface area contributed by atoms with E-state index >= 15 is 0 Å². The number of hydrogen-bond donors (Lipinski definition) is 1. The molecule has 0 heterocycles. The minimum absolute atomic E-state index is 0.197. The van der Waals surface area contributed by atoms with E-state index < -0.39 is 5.97 Å². The summed E-state index contributed by atoms with van der Waals surface area (Å²) in [5, 5.41) is 9.86. The number of carboxylic acid groups (broad SMARTS) is 1. The van der Waals surface area contributed by atoms with Crippen LogP contribution in [0.3, 0.4) is 0 Å². The number of hydrogen-bond acceptors (Lipinski definition) is 2. The van der Waals surface area contributed by atoms with Gasteiger partial charge < -0.3 is 9.84 Å². The van der Waals surface area contributed by atoms with Gasteiger partial charge in [-0.3, -0.25) is 0 Å². The average Bonchev–Trinajstić information content (AvgIpc) is 2.45. The molecule has 0 saturated heterocycles. The maximum Gasteiger partial charge on any atom is 0.336 e. The van der Waals surface area contributed by atoms with Gasteiger partial charge in [0.1, 0.15) is 5.75 Å². The largest absolute Gasteiger partial charge is 0.497 e. The molecule has 0 fully saturated rings. The highest BCUT2D eigenvalue weighted by molar-refractivity contribution is 6.30. The number of ether oxygens (including phenoxy) is 1. The second kappa shape index (κ2) is 6.26. The quantitative estimate of drug-likeness (QED) is 0.857. The van der Waals surface area contributed by atoms with Gasteiger partial charge in [0.2, 0.25) is 0 Å². The smallest absolute Gasteiger partial charge is 0.336 e. The van der Waals surface area contributed by atoms with Crippen molar-refractivity contribution in [1.29, 1.82) is 0 Å². The van der Waals surface area contributed by atoms with Crippen molar-refractivity contribution in [2.45, 2.75) is 0 Å². The van der Waals surface area contributed by atoms with Gasteiger partial charge in [0.05, 0.1) is 12.7 Å². The minimum atomic E-state index is -0.991. The standard InChI is InChI=1S/C16H13ClO3/c1-20-14-8-7-12(15(10-14)16(18)19)6-5-11-3-2-4-13(17)9-11/h2-10H,1H3,(H,18,19). The molecule has 2 aromatic carbocycles. The van der Waals surface area contributed by atoms with E-state index in [9.17, 15) is 9.90 Å². The maximum absolute atomic E-state index is 11.2. The first-order valence-corrected chi connectivity index (χ1v) is 6.33. The Morgan fingerprint density at radius 2 is 2.00 bits per heavy atom. The fraction of sp³-hybridized carbons (Fsp3) is 0.0625. The van der Waals surface area contributed by atoms with E-state index in [1.54, 1.807) is 24.3 Å². The van der Waals surface area contributed by atoms with Crippen molar-refractivity contribution in [3.05, 3.63) is 64.2 Å². The SMILES string of the molecule is COc1ccc(C=Cc2cccc(Cl)c2)c(C(=O)O)c1. The van der Waals surface area contributed by atoms with Crippen molar-refractivity contribution in [2.24, 2.45) is 0 Å². The number of aromatic carboxylic acids is 1. The van der Waals surface area contributed by atoms with Crippen LogP contribution in [-0.2, 0) is 0 Å². The maximum atomic E-state index is 11.2. The first-order chi connectivity index (χ1) is 9.60. The molecule has 2 aromatic rings. The molecule has 0 amide bonds. The highest BCUT2D eigenvalue weighted by atomic mass is 35.5. The molecular weight excluding hydrogens is 276 g/mol. The predicted molar refractivity (Wildman–Crippen MR) is 80.3 cm³/mol. The van der Waals surface area contributed by atoms with E-state index in [1.165, 1.54) is 13.2 Å². The number of carboxylic acids is 1. The Labute approximate surface area is 122 Å². The molecule has 0 aromatic heterocycles. The zero-order chi connectivity index (χ0) is 14.5. The molecule has 2 rings (SSSR count). The van der Waals surface area contributed by atoms with Gasteiger partial charge in [-0.15, -0.1) is 0 Å². The molecule has 0 atom stereocenters. The minimum Gasteiger partial charge on any atom is -0.497 e. The lowest BCUT2D eigenvalue weighted by molar-refractivity contribution is 0.0696. The normalized spacial score (nSPS) is 10.7. The van der Waals surface area contributed by atoms with Gasteiger partial charge >= 0.3 is 5.97 Å². The van der Waals surface area contributed by atoms with Crippen LogP contribution in [0, 0.1) is 0 Å². The first-order valence-electron chi connectivity index (χ1n) is 5.95. The van der Waals surface area contributed by atoms with Crippen molar-refractivity contribution < 1.29 is 14.6 Å². The molecule has 0 spiro atoms. The highest BCUT2D eigenvalue weighted by Gasteiger charge is 2.09. The highest BCUT2D eigenvalue weighted by Crippen LogP contribution is 2.20. The third kappa shape index (κ3) is 3.39. The molecule has 0 aliphatic carbocycles. The molecule has 1 N–H and O–H groups in total. The van der Waals surface area contributed by atoms with E-state index in [1.807, 2.05) is 24.3 Å². The molecule has 4 heteroatoms. The van der Waals surface area contributed by atoms with E-state index in [4.69, 9.17) is 16.3 Å². The predicted octanol–water partition coefficient (Wildman–Crippen LogP) is 4.22. The van der Waals surface area contributed by atoms with Crippen LogP contribution < -0.4 is 4.74 Å². The van der Waals surface area contributed by atoms with Gasteiger partial charge in [-0.05, 0) is 35.4 Å². The number of halogens is 1. The number of methoxy groups -OCH3 is 1. The fourth-order valence-corrected chi connectivity index (χ4v) is 1.99. The Morgan fingerprint density at radius 1 is 1.20 bits per heavy atom. The molecule has 3 nitrogen and oxygen atoms in total. The molecule has 0 unspecified atom stereocenters. The van der Waals surface area contributed by atoms with E-state index in [0.29, 0.717) is 16.3 Å². The summed E-state index contributed by atoms with van der Waals surface area (Å²) in [5.74, 6) is -0.475. The number of carbonyl (C=O) groups is 1. The van der Waals surface area contributed by atoms with E-state index in [0.717, 1.165) is 5.56 Å². The van der Waals surface area contributed by atoms with Crippen LogP contribution in [-0.4, -0.2) is 18.2 Å². The van der Waals surface area contributed by atoms with E-state index in [-0.39, 0.29) is 5.56 Å². The first kappa shape index (κ1) is 14.2. The third-order valence-corrected chi connectivity index (χ3v) is 3.03. The summed E-state index contributed by atoms with van der Waals surface area (Å²) >= 11 is 5.90. The van der Waals surface area contributed by atoms with Crippen molar-refractivity contribution in [3.8, 4) is 5.75 Å². The fourth-order valence-electron chi connectivity index (χ4n) is 1.79. The van der Waals surface area contributed by atoms with Crippen LogP contribution in [0.25, 0.3) is 12.2 Å².